The summed E-state index contributed by atoms with van der Waals surface area (Å²) in [5.41, 5.74) is 0.806. The van der Waals surface area contributed by atoms with Gasteiger partial charge in [-0.2, -0.15) is 0 Å². The Morgan fingerprint density at radius 3 is 2.83 bits per heavy atom. The van der Waals surface area contributed by atoms with Gasteiger partial charge in [-0.1, -0.05) is 48.5 Å². The second-order valence-corrected chi connectivity index (χ2v) is 6.99. The topological polar surface area (TPSA) is 26.3 Å². The summed E-state index contributed by atoms with van der Waals surface area (Å²) in [6.45, 7) is 3.90. The zero-order chi connectivity index (χ0) is 15.9. The number of ether oxygens (including phenoxy) is 1. The summed E-state index contributed by atoms with van der Waals surface area (Å²) in [4.78, 5) is 12.7. The van der Waals surface area contributed by atoms with Crippen LogP contribution in [0, 0.1) is 11.3 Å². The first-order valence-electron chi connectivity index (χ1n) is 8.52. The maximum Gasteiger partial charge on any atom is 0.313 e. The van der Waals surface area contributed by atoms with Crippen molar-refractivity contribution >= 4 is 16.7 Å². The number of rotatable bonds is 4. The van der Waals surface area contributed by atoms with E-state index in [2.05, 4.69) is 49.0 Å². The van der Waals surface area contributed by atoms with Gasteiger partial charge in [0.05, 0.1) is 5.41 Å². The largest absolute Gasteiger partial charge is 0.462 e. The monoisotopic (exact) mass is 306 g/mol. The van der Waals surface area contributed by atoms with Crippen LogP contribution in [0.4, 0.5) is 0 Å². The molecule has 1 aliphatic heterocycles. The van der Waals surface area contributed by atoms with Gasteiger partial charge in [-0.15, -0.1) is 6.58 Å². The van der Waals surface area contributed by atoms with Crippen molar-refractivity contribution in [3.8, 4) is 0 Å². The highest BCUT2D eigenvalue weighted by molar-refractivity contribution is 5.84. The Kier molecular flexibility index (Phi) is 3.48. The highest BCUT2D eigenvalue weighted by Gasteiger charge is 2.57. The second kappa shape index (κ2) is 5.52. The van der Waals surface area contributed by atoms with Crippen molar-refractivity contribution in [1.29, 1.82) is 0 Å². The fraction of sp³-hybridized carbons (Fsp3) is 0.381. The van der Waals surface area contributed by atoms with Crippen molar-refractivity contribution in [1.82, 2.24) is 0 Å². The lowest BCUT2D eigenvalue weighted by Crippen LogP contribution is -2.35. The molecule has 1 heterocycles. The molecule has 0 amide bonds. The normalized spacial score (nSPS) is 29.5. The van der Waals surface area contributed by atoms with Crippen molar-refractivity contribution in [3.63, 3.8) is 0 Å². The lowest BCUT2D eigenvalue weighted by Gasteiger charge is -2.29. The molecule has 2 aromatic rings. The lowest BCUT2D eigenvalue weighted by molar-refractivity contribution is -0.149. The summed E-state index contributed by atoms with van der Waals surface area (Å²) in [6.07, 6.45) is 6.76. The molecule has 1 saturated carbocycles. The van der Waals surface area contributed by atoms with E-state index in [1.54, 1.807) is 0 Å². The summed E-state index contributed by atoms with van der Waals surface area (Å²) in [5.74, 6) is 0.333. The quantitative estimate of drug-likeness (QED) is 0.606. The third-order valence-corrected chi connectivity index (χ3v) is 5.67. The number of fused-ring (bicyclic) bond motifs is 2. The van der Waals surface area contributed by atoms with E-state index in [1.807, 2.05) is 6.08 Å². The molecular formula is C21H22O2. The standard InChI is InChI=1S/C21H22O2/c1-2-12-21(18-8-5-9-19(18)23-20(21)22)14-15-10-11-16-6-3-4-7-17(16)13-15/h2-4,6-7,10-11,13,18-19H,1,5,8-9,12,14H2/t18-,19-,21+/m0/s1. The summed E-state index contributed by atoms with van der Waals surface area (Å²) in [7, 11) is 0. The first-order chi connectivity index (χ1) is 11.2. The minimum atomic E-state index is -0.411. The molecule has 1 aliphatic carbocycles. The number of benzene rings is 2. The summed E-state index contributed by atoms with van der Waals surface area (Å²) < 4.78 is 5.73. The Labute approximate surface area is 137 Å². The van der Waals surface area contributed by atoms with Crippen molar-refractivity contribution < 1.29 is 9.53 Å². The van der Waals surface area contributed by atoms with E-state index < -0.39 is 5.41 Å². The average molecular weight is 306 g/mol. The van der Waals surface area contributed by atoms with E-state index in [0.717, 1.165) is 19.3 Å². The Morgan fingerprint density at radius 1 is 1.17 bits per heavy atom. The number of esters is 1. The Hall–Kier alpha value is -2.09. The first kappa shape index (κ1) is 14.5. The molecule has 3 atom stereocenters. The van der Waals surface area contributed by atoms with E-state index in [1.165, 1.54) is 22.8 Å². The van der Waals surface area contributed by atoms with Crippen molar-refractivity contribution in [2.45, 2.75) is 38.2 Å². The molecule has 23 heavy (non-hydrogen) atoms. The minimum Gasteiger partial charge on any atom is -0.462 e. The summed E-state index contributed by atoms with van der Waals surface area (Å²) >= 11 is 0. The molecule has 0 unspecified atom stereocenters. The molecule has 0 spiro atoms. The van der Waals surface area contributed by atoms with Crippen LogP contribution in [-0.4, -0.2) is 12.1 Å². The molecule has 0 aromatic heterocycles. The van der Waals surface area contributed by atoms with E-state index in [4.69, 9.17) is 4.74 Å². The van der Waals surface area contributed by atoms with Gasteiger partial charge in [-0.05, 0) is 48.4 Å². The maximum absolute atomic E-state index is 12.7. The van der Waals surface area contributed by atoms with E-state index in [0.29, 0.717) is 12.3 Å². The number of hydrogen-bond donors (Lipinski definition) is 0. The third kappa shape index (κ3) is 2.28. The van der Waals surface area contributed by atoms with Crippen LogP contribution in [0.15, 0.2) is 55.1 Å². The molecular weight excluding hydrogens is 284 g/mol. The van der Waals surface area contributed by atoms with Crippen LogP contribution >= 0.6 is 0 Å². The highest BCUT2D eigenvalue weighted by Crippen LogP contribution is 2.52. The Morgan fingerprint density at radius 2 is 2.00 bits per heavy atom. The van der Waals surface area contributed by atoms with Gasteiger partial charge in [0.15, 0.2) is 0 Å². The second-order valence-electron chi connectivity index (χ2n) is 6.99. The van der Waals surface area contributed by atoms with Crippen molar-refractivity contribution in [3.05, 3.63) is 60.7 Å². The molecule has 1 saturated heterocycles. The fourth-order valence-electron chi connectivity index (χ4n) is 4.59. The van der Waals surface area contributed by atoms with Crippen LogP contribution in [-0.2, 0) is 16.0 Å². The Balaban J connectivity index is 1.72. The van der Waals surface area contributed by atoms with Crippen LogP contribution in [0.1, 0.15) is 31.2 Å². The van der Waals surface area contributed by atoms with Gasteiger partial charge in [0.25, 0.3) is 0 Å². The molecule has 4 rings (SSSR count). The number of carbonyl (C=O) groups is 1. The van der Waals surface area contributed by atoms with Crippen LogP contribution < -0.4 is 0 Å². The lowest BCUT2D eigenvalue weighted by atomic mass is 9.69. The van der Waals surface area contributed by atoms with Crippen LogP contribution in [0.5, 0.6) is 0 Å². The molecule has 2 aromatic carbocycles. The van der Waals surface area contributed by atoms with Gasteiger partial charge in [0, 0.05) is 5.92 Å². The van der Waals surface area contributed by atoms with E-state index in [9.17, 15) is 4.79 Å². The van der Waals surface area contributed by atoms with E-state index >= 15 is 0 Å². The zero-order valence-electron chi connectivity index (χ0n) is 13.3. The van der Waals surface area contributed by atoms with Crippen molar-refractivity contribution in [2.24, 2.45) is 11.3 Å². The smallest absolute Gasteiger partial charge is 0.313 e. The molecule has 0 bridgehead atoms. The summed E-state index contributed by atoms with van der Waals surface area (Å²) in [6, 6.07) is 14.9. The van der Waals surface area contributed by atoms with Crippen LogP contribution in [0.2, 0.25) is 0 Å². The van der Waals surface area contributed by atoms with Gasteiger partial charge in [0.2, 0.25) is 0 Å². The molecule has 2 nitrogen and oxygen atoms in total. The van der Waals surface area contributed by atoms with Crippen molar-refractivity contribution in [2.75, 3.05) is 0 Å². The van der Waals surface area contributed by atoms with Crippen LogP contribution in [0.3, 0.4) is 0 Å². The molecule has 0 N–H and O–H groups in total. The predicted octanol–water partition coefficient (Wildman–Crippen LogP) is 4.67. The SMILES string of the molecule is C=CC[C@]1(Cc2ccc3ccccc3c2)C(=O)O[C@H]2CCC[C@@H]21. The molecule has 2 aliphatic rings. The van der Waals surface area contributed by atoms with Gasteiger partial charge in [-0.25, -0.2) is 0 Å². The first-order valence-corrected chi connectivity index (χ1v) is 8.52. The van der Waals surface area contributed by atoms with Gasteiger partial charge in [0.1, 0.15) is 6.10 Å². The van der Waals surface area contributed by atoms with Gasteiger partial charge in [-0.3, -0.25) is 4.79 Å². The molecule has 118 valence electrons. The van der Waals surface area contributed by atoms with Crippen LogP contribution in [0.25, 0.3) is 10.8 Å². The van der Waals surface area contributed by atoms with Gasteiger partial charge >= 0.3 is 5.97 Å². The maximum atomic E-state index is 12.7. The average Bonchev–Trinajstić information content (AvgIpc) is 3.11. The molecule has 2 fully saturated rings. The minimum absolute atomic E-state index is 0.0136. The van der Waals surface area contributed by atoms with Gasteiger partial charge < -0.3 is 4.74 Å². The highest BCUT2D eigenvalue weighted by atomic mass is 16.6. The summed E-state index contributed by atoms with van der Waals surface area (Å²) in [5, 5.41) is 2.47. The fourth-order valence-corrected chi connectivity index (χ4v) is 4.59. The number of hydrogen-bond acceptors (Lipinski definition) is 2. The van der Waals surface area contributed by atoms with E-state index in [-0.39, 0.29) is 12.1 Å². The number of allylic oxidation sites excluding steroid dienone is 1. The predicted molar refractivity (Wildman–Crippen MR) is 92.1 cm³/mol. The Bertz CT molecular complexity index is 763. The molecule has 2 heteroatoms. The molecule has 0 radical (unpaired) electrons. The third-order valence-electron chi connectivity index (χ3n) is 5.67. The zero-order valence-corrected chi connectivity index (χ0v) is 13.3. The number of carbonyl (C=O) groups excluding carboxylic acids is 1.